The van der Waals surface area contributed by atoms with E-state index in [9.17, 15) is 18.0 Å². The van der Waals surface area contributed by atoms with Crippen molar-refractivity contribution in [1.82, 2.24) is 9.21 Å². The van der Waals surface area contributed by atoms with Gasteiger partial charge in [0.25, 0.3) is 0 Å². The van der Waals surface area contributed by atoms with Crippen molar-refractivity contribution in [3.63, 3.8) is 0 Å². The minimum atomic E-state index is -3.83. The molecule has 0 saturated heterocycles. The van der Waals surface area contributed by atoms with Gasteiger partial charge in [-0.2, -0.15) is 4.31 Å². The first-order valence-corrected chi connectivity index (χ1v) is 16.9. The van der Waals surface area contributed by atoms with Crippen LogP contribution >= 0.6 is 11.3 Å². The van der Waals surface area contributed by atoms with Crippen LogP contribution in [0.25, 0.3) is 0 Å². The minimum absolute atomic E-state index is 0.0778. The highest BCUT2D eigenvalue weighted by Gasteiger charge is 2.66. The van der Waals surface area contributed by atoms with Crippen LogP contribution in [0, 0.1) is 23.7 Å². The summed E-state index contributed by atoms with van der Waals surface area (Å²) in [5.74, 6) is 1.17. The molecule has 2 bridgehead atoms. The fourth-order valence-corrected chi connectivity index (χ4v) is 10.2. The Kier molecular flexibility index (Phi) is 8.31. The summed E-state index contributed by atoms with van der Waals surface area (Å²) in [6.07, 6.45) is 4.05. The predicted octanol–water partition coefficient (Wildman–Crippen LogP) is 4.83. The van der Waals surface area contributed by atoms with Crippen molar-refractivity contribution in [3.05, 3.63) is 45.6 Å². The van der Waals surface area contributed by atoms with E-state index >= 15 is 0 Å². The zero-order valence-electron chi connectivity index (χ0n) is 24.8. The average molecular weight is 603 g/mol. The van der Waals surface area contributed by atoms with Gasteiger partial charge < -0.3 is 14.4 Å². The van der Waals surface area contributed by atoms with Crippen LogP contribution in [-0.4, -0.2) is 68.4 Å². The largest absolute Gasteiger partial charge is 0.493 e. The van der Waals surface area contributed by atoms with Gasteiger partial charge >= 0.3 is 0 Å². The van der Waals surface area contributed by atoms with E-state index in [-0.39, 0.29) is 41.4 Å². The molecule has 1 heterocycles. The van der Waals surface area contributed by atoms with Crippen molar-refractivity contribution in [3.8, 4) is 11.5 Å². The zero-order chi connectivity index (χ0) is 29.6. The Hall–Kier alpha value is -2.43. The number of Topliss-reactive ketones (excluding diaryl/α,β-unsaturated/α-hetero) is 1. The molecule has 0 unspecified atom stereocenters. The first kappa shape index (κ1) is 30.0. The molecule has 5 rings (SSSR count). The quantitative estimate of drug-likeness (QED) is 0.326. The Labute approximate surface area is 248 Å². The number of ether oxygens (including phenoxy) is 2. The van der Waals surface area contributed by atoms with Crippen LogP contribution in [0.3, 0.4) is 0 Å². The zero-order valence-corrected chi connectivity index (χ0v) is 26.4. The number of nitrogens with zero attached hydrogens (tertiary/aromatic N) is 2. The summed E-state index contributed by atoms with van der Waals surface area (Å²) in [6, 6.07) is 9.60. The highest BCUT2D eigenvalue weighted by atomic mass is 32.2. The lowest BCUT2D eigenvalue weighted by molar-refractivity contribution is -0.132. The monoisotopic (exact) mass is 602 g/mol. The van der Waals surface area contributed by atoms with E-state index in [0.717, 1.165) is 34.6 Å². The number of methoxy groups -OCH3 is 2. The van der Waals surface area contributed by atoms with E-state index in [1.807, 2.05) is 37.3 Å². The fraction of sp³-hybridized carbons (Fsp3) is 0.613. The number of fused-ring (bicyclic) bond motifs is 2. The molecule has 0 spiro atoms. The van der Waals surface area contributed by atoms with Gasteiger partial charge in [0.15, 0.2) is 11.5 Å². The molecule has 3 aliphatic carbocycles. The van der Waals surface area contributed by atoms with Gasteiger partial charge in [-0.05, 0) is 80.2 Å². The third kappa shape index (κ3) is 5.79. The number of sulfonamides is 1. The normalized spacial score (nSPS) is 23.3. The molecule has 41 heavy (non-hydrogen) atoms. The number of thiophene rings is 1. The Morgan fingerprint density at radius 3 is 2.37 bits per heavy atom. The van der Waals surface area contributed by atoms with Crippen LogP contribution in [0.15, 0.2) is 30.3 Å². The van der Waals surface area contributed by atoms with E-state index in [1.54, 1.807) is 30.5 Å². The Balaban J connectivity index is 1.35. The van der Waals surface area contributed by atoms with Gasteiger partial charge in [0.2, 0.25) is 15.9 Å². The lowest BCUT2D eigenvalue weighted by Gasteiger charge is -2.38. The molecule has 3 fully saturated rings. The van der Waals surface area contributed by atoms with E-state index in [4.69, 9.17) is 9.47 Å². The molecular weight excluding hydrogens is 560 g/mol. The van der Waals surface area contributed by atoms with Crippen LogP contribution < -0.4 is 9.47 Å². The summed E-state index contributed by atoms with van der Waals surface area (Å²) >= 11 is 1.64. The molecule has 224 valence electrons. The maximum atomic E-state index is 14.0. The number of aryl methyl sites for hydroxylation is 1. The van der Waals surface area contributed by atoms with E-state index in [0.29, 0.717) is 43.9 Å². The topological polar surface area (TPSA) is 93.2 Å². The predicted molar refractivity (Wildman–Crippen MR) is 160 cm³/mol. The number of benzene rings is 1. The van der Waals surface area contributed by atoms with Crippen molar-refractivity contribution >= 4 is 33.1 Å². The number of amides is 1. The number of carbonyl (C=O) groups excluding carboxylic acids is 2. The summed E-state index contributed by atoms with van der Waals surface area (Å²) in [5, 5.41) is 0. The van der Waals surface area contributed by atoms with Crippen molar-refractivity contribution in [1.29, 1.82) is 0 Å². The minimum Gasteiger partial charge on any atom is -0.493 e. The molecule has 2 aromatic rings. The number of ketones is 1. The molecule has 1 aromatic carbocycles. The molecular formula is C31H42N2O6S2. The molecule has 0 radical (unpaired) electrons. The molecule has 10 heteroatoms. The van der Waals surface area contributed by atoms with Gasteiger partial charge in [-0.25, -0.2) is 8.42 Å². The van der Waals surface area contributed by atoms with Crippen molar-refractivity contribution in [2.45, 2.75) is 71.9 Å². The fourth-order valence-electron chi connectivity index (χ4n) is 6.90. The van der Waals surface area contributed by atoms with Crippen molar-refractivity contribution in [2.24, 2.45) is 16.7 Å². The summed E-state index contributed by atoms with van der Waals surface area (Å²) in [5.41, 5.74) is -0.209. The lowest BCUT2D eigenvalue weighted by atomic mass is 9.70. The highest BCUT2D eigenvalue weighted by Crippen LogP contribution is 2.64. The summed E-state index contributed by atoms with van der Waals surface area (Å²) in [4.78, 5) is 31.0. The third-order valence-electron chi connectivity index (χ3n) is 9.78. The van der Waals surface area contributed by atoms with Gasteiger partial charge in [-0.15, -0.1) is 11.3 Å². The number of hydrogen-bond acceptors (Lipinski definition) is 7. The molecule has 1 aromatic heterocycles. The van der Waals surface area contributed by atoms with Crippen molar-refractivity contribution < 1.29 is 27.5 Å². The average Bonchev–Trinajstić information content (AvgIpc) is 3.60. The van der Waals surface area contributed by atoms with Crippen LogP contribution in [0.5, 0.6) is 11.5 Å². The first-order valence-electron chi connectivity index (χ1n) is 14.5. The maximum Gasteiger partial charge on any atom is 0.238 e. The maximum absolute atomic E-state index is 14.0. The van der Waals surface area contributed by atoms with Gasteiger partial charge in [0.1, 0.15) is 5.78 Å². The van der Waals surface area contributed by atoms with Crippen LogP contribution in [-0.2, 0) is 32.6 Å². The molecule has 0 N–H and O–H groups in total. The second kappa shape index (κ2) is 11.3. The van der Waals surface area contributed by atoms with Crippen LogP contribution in [0.4, 0.5) is 0 Å². The smallest absolute Gasteiger partial charge is 0.238 e. The first-order chi connectivity index (χ1) is 19.4. The van der Waals surface area contributed by atoms with Gasteiger partial charge in [0, 0.05) is 34.2 Å². The SMILES string of the molecule is COc1ccc(CCN(Cc2ccc(C)s2)C(=O)CN(C2CC2)S(=O)(=O)C[C@@]23CC[C@@H](CC2=O)C3(C)C)cc1OC. The van der Waals surface area contributed by atoms with Crippen molar-refractivity contribution in [2.75, 3.05) is 33.1 Å². The van der Waals surface area contributed by atoms with E-state index in [2.05, 4.69) is 13.8 Å². The standard InChI is InChI=1S/C31H42N2O6S2/c1-21-6-10-25(40-21)18-32(15-13-22-7-11-26(38-4)27(16-22)39-5)29(35)19-33(24-8-9-24)41(36,37)20-31-14-12-23(17-28(31)34)30(31,2)3/h6-7,10-11,16,23-24H,8-9,12-15,17-20H2,1-5H3/t23-,31-/m0/s1. The Morgan fingerprint density at radius 1 is 1.07 bits per heavy atom. The highest BCUT2D eigenvalue weighted by molar-refractivity contribution is 7.89. The molecule has 1 amide bonds. The molecule has 2 atom stereocenters. The number of hydrogen-bond donors (Lipinski definition) is 0. The Bertz CT molecular complexity index is 1410. The lowest BCUT2D eigenvalue weighted by Crippen LogP contribution is -2.50. The van der Waals surface area contributed by atoms with Gasteiger partial charge in [-0.1, -0.05) is 19.9 Å². The van der Waals surface area contributed by atoms with Crippen LogP contribution in [0.2, 0.25) is 0 Å². The molecule has 8 nitrogen and oxygen atoms in total. The summed E-state index contributed by atoms with van der Waals surface area (Å²) < 4.78 is 40.2. The number of rotatable bonds is 13. The molecule has 0 aliphatic heterocycles. The van der Waals surface area contributed by atoms with Gasteiger partial charge in [0.05, 0.1) is 33.1 Å². The van der Waals surface area contributed by atoms with E-state index < -0.39 is 15.4 Å². The van der Waals surface area contributed by atoms with Gasteiger partial charge in [-0.3, -0.25) is 9.59 Å². The Morgan fingerprint density at radius 2 is 1.80 bits per heavy atom. The summed E-state index contributed by atoms with van der Waals surface area (Å²) in [6.45, 7) is 6.79. The molecule has 3 aliphatic rings. The second-order valence-electron chi connectivity index (χ2n) is 12.5. The third-order valence-corrected chi connectivity index (χ3v) is 12.8. The van der Waals surface area contributed by atoms with Crippen LogP contribution in [0.1, 0.15) is 61.3 Å². The summed E-state index contributed by atoms with van der Waals surface area (Å²) in [7, 11) is -0.650. The molecule has 3 saturated carbocycles. The van der Waals surface area contributed by atoms with E-state index in [1.165, 1.54) is 4.31 Å². The second-order valence-corrected chi connectivity index (χ2v) is 15.8. The number of carbonyl (C=O) groups is 2.